The first kappa shape index (κ1) is 22.6. The monoisotopic (exact) mass is 477 g/mol. The van der Waals surface area contributed by atoms with Crippen LogP contribution in [-0.4, -0.2) is 34.2 Å². The van der Waals surface area contributed by atoms with Crippen LogP contribution in [0.3, 0.4) is 0 Å². The summed E-state index contributed by atoms with van der Waals surface area (Å²) < 4.78 is 11.0. The number of hydrogen-bond donors (Lipinski definition) is 1. The second-order valence-electron chi connectivity index (χ2n) is 9.07. The second kappa shape index (κ2) is 9.22. The predicted octanol–water partition coefficient (Wildman–Crippen LogP) is 5.16. The normalized spacial score (nSPS) is 17.0. The fraction of sp³-hybridized carbons (Fsp3) is 0.370. The molecule has 1 atom stereocenters. The van der Waals surface area contributed by atoms with E-state index in [4.69, 9.17) is 9.47 Å². The summed E-state index contributed by atoms with van der Waals surface area (Å²) in [4.78, 5) is 19.2. The van der Waals surface area contributed by atoms with E-state index < -0.39 is 0 Å². The van der Waals surface area contributed by atoms with Crippen LogP contribution in [0.4, 0.5) is 10.7 Å². The molecule has 0 saturated carbocycles. The maximum absolute atomic E-state index is 13.4. The summed E-state index contributed by atoms with van der Waals surface area (Å²) in [5.41, 5.74) is 5.42. The quantitative estimate of drug-likeness (QED) is 0.532. The van der Waals surface area contributed by atoms with E-state index in [1.807, 2.05) is 26.2 Å². The van der Waals surface area contributed by atoms with Crippen molar-refractivity contribution in [3.05, 3.63) is 69.6 Å². The molecule has 6 nitrogen and oxygen atoms in total. The minimum absolute atomic E-state index is 0.0413. The first-order chi connectivity index (χ1) is 16.5. The smallest absolute Gasteiger partial charge is 0.256 e. The Hall–Kier alpha value is -3.19. The summed E-state index contributed by atoms with van der Waals surface area (Å²) in [6.45, 7) is 0.646. The number of amides is 1. The largest absolute Gasteiger partial charge is 0.493 e. The van der Waals surface area contributed by atoms with E-state index in [0.717, 1.165) is 46.6 Å². The lowest BCUT2D eigenvalue weighted by Crippen LogP contribution is -2.45. The third-order valence-electron chi connectivity index (χ3n) is 6.75. The van der Waals surface area contributed by atoms with Gasteiger partial charge in [0.2, 0.25) is 0 Å². The van der Waals surface area contributed by atoms with Gasteiger partial charge in [-0.3, -0.25) is 4.79 Å². The topological polar surface area (TPSA) is 54.0 Å². The zero-order valence-corrected chi connectivity index (χ0v) is 21.0. The molecule has 5 rings (SSSR count). The molecule has 3 aromatic rings. The van der Waals surface area contributed by atoms with Crippen molar-refractivity contribution in [1.29, 1.82) is 0 Å². The van der Waals surface area contributed by atoms with Crippen molar-refractivity contribution >= 4 is 27.9 Å². The number of ether oxygens (including phenoxy) is 2. The molecule has 0 fully saturated rings. The van der Waals surface area contributed by atoms with Gasteiger partial charge in [0.25, 0.3) is 5.91 Å². The zero-order chi connectivity index (χ0) is 23.8. The number of nitrogens with one attached hydrogen (secondary N) is 1. The summed E-state index contributed by atoms with van der Waals surface area (Å²) in [6, 6.07) is 14.5. The number of fused-ring (bicyclic) bond motifs is 3. The lowest BCUT2D eigenvalue weighted by Gasteiger charge is -2.38. The van der Waals surface area contributed by atoms with Crippen LogP contribution < -0.4 is 24.6 Å². The summed E-state index contributed by atoms with van der Waals surface area (Å²) >= 11 is 1.79. The van der Waals surface area contributed by atoms with Crippen molar-refractivity contribution in [2.75, 3.05) is 38.1 Å². The van der Waals surface area contributed by atoms with Crippen LogP contribution in [0.2, 0.25) is 0 Å². The van der Waals surface area contributed by atoms with Crippen molar-refractivity contribution < 1.29 is 14.3 Å². The molecule has 1 N–H and O–H groups in total. The van der Waals surface area contributed by atoms with Gasteiger partial charge in [-0.25, -0.2) is 0 Å². The number of hydrogen-bond acceptors (Lipinski definition) is 6. The van der Waals surface area contributed by atoms with Gasteiger partial charge in [-0.2, -0.15) is 0 Å². The number of anilines is 2. The van der Waals surface area contributed by atoms with Gasteiger partial charge >= 0.3 is 0 Å². The van der Waals surface area contributed by atoms with E-state index in [-0.39, 0.29) is 12.1 Å². The third kappa shape index (κ3) is 3.98. The number of carbonyl (C=O) groups is 1. The van der Waals surface area contributed by atoms with Crippen molar-refractivity contribution in [3.8, 4) is 11.5 Å². The average molecular weight is 478 g/mol. The molecular formula is C27H31N3O3S. The Bertz CT molecular complexity index is 1200. The molecule has 7 heteroatoms. The van der Waals surface area contributed by atoms with Crippen molar-refractivity contribution in [2.24, 2.45) is 0 Å². The lowest BCUT2D eigenvalue weighted by atomic mass is 9.94. The number of benzene rings is 2. The molecule has 0 radical (unpaired) electrons. The van der Waals surface area contributed by atoms with Gasteiger partial charge in [0.1, 0.15) is 11.2 Å². The fourth-order valence-corrected chi connectivity index (χ4v) is 6.35. The van der Waals surface area contributed by atoms with Crippen molar-refractivity contribution in [1.82, 2.24) is 5.32 Å². The van der Waals surface area contributed by atoms with E-state index in [1.165, 1.54) is 16.9 Å². The molecule has 2 aliphatic rings. The second-order valence-corrected chi connectivity index (χ2v) is 10.2. The molecule has 0 spiro atoms. The molecular weight excluding hydrogens is 446 g/mol. The Morgan fingerprint density at radius 2 is 1.76 bits per heavy atom. The van der Waals surface area contributed by atoms with Crippen molar-refractivity contribution in [3.63, 3.8) is 0 Å². The zero-order valence-electron chi connectivity index (χ0n) is 20.2. The van der Waals surface area contributed by atoms with Gasteiger partial charge in [-0.05, 0) is 66.6 Å². The maximum Gasteiger partial charge on any atom is 0.256 e. The molecule has 1 aliphatic heterocycles. The molecule has 34 heavy (non-hydrogen) atoms. The molecule has 2 heterocycles. The van der Waals surface area contributed by atoms with Gasteiger partial charge < -0.3 is 24.6 Å². The first-order valence-corrected chi connectivity index (χ1v) is 12.5. The standard InChI is InChI=1S/C27H31N3O3S/c1-29(2)19-12-10-18(11-13-19)25-28-26(31)24-20-7-5-6-8-23(20)34-27(24)30(25)16-17-9-14-21(32-3)22(15-17)33-4/h9-15,25H,5-8,16H2,1-4H3,(H,28,31)/t25-/m1/s1. The number of aryl methyl sites for hydroxylation is 1. The number of nitrogens with zero attached hydrogens (tertiary/aromatic N) is 2. The number of methoxy groups -OCH3 is 2. The summed E-state index contributed by atoms with van der Waals surface area (Å²) in [5, 5.41) is 4.40. The summed E-state index contributed by atoms with van der Waals surface area (Å²) in [5.74, 6) is 1.46. The Morgan fingerprint density at radius 1 is 1.03 bits per heavy atom. The highest BCUT2D eigenvalue weighted by Gasteiger charge is 2.37. The first-order valence-electron chi connectivity index (χ1n) is 11.7. The predicted molar refractivity (Wildman–Crippen MR) is 138 cm³/mol. The Labute approximate surface area is 205 Å². The molecule has 0 saturated heterocycles. The van der Waals surface area contributed by atoms with Crippen LogP contribution in [0, 0.1) is 0 Å². The fourth-order valence-electron chi connectivity index (χ4n) is 4.94. The highest BCUT2D eigenvalue weighted by atomic mass is 32.1. The van der Waals surface area contributed by atoms with Crippen LogP contribution >= 0.6 is 11.3 Å². The van der Waals surface area contributed by atoms with Crippen LogP contribution in [0.15, 0.2) is 42.5 Å². The minimum Gasteiger partial charge on any atom is -0.493 e. The van der Waals surface area contributed by atoms with Crippen LogP contribution in [0.25, 0.3) is 0 Å². The van der Waals surface area contributed by atoms with Crippen LogP contribution in [0.5, 0.6) is 11.5 Å². The molecule has 1 aliphatic carbocycles. The summed E-state index contributed by atoms with van der Waals surface area (Å²) in [6.07, 6.45) is 4.14. The molecule has 178 valence electrons. The van der Waals surface area contributed by atoms with Gasteiger partial charge in [-0.15, -0.1) is 11.3 Å². The molecule has 0 bridgehead atoms. The SMILES string of the molecule is COc1ccc(CN2c3sc4c(c3C(=O)N[C@H]2c2ccc(N(C)C)cc2)CCCC4)cc1OC. The number of rotatable bonds is 6. The third-order valence-corrected chi connectivity index (χ3v) is 8.08. The molecule has 2 aromatic carbocycles. The number of thiophene rings is 1. The highest BCUT2D eigenvalue weighted by Crippen LogP contribution is 2.46. The average Bonchev–Trinajstić information content (AvgIpc) is 3.26. The molecule has 1 amide bonds. The highest BCUT2D eigenvalue weighted by molar-refractivity contribution is 7.16. The Morgan fingerprint density at radius 3 is 2.47 bits per heavy atom. The van der Waals surface area contributed by atoms with E-state index in [0.29, 0.717) is 18.0 Å². The minimum atomic E-state index is -0.246. The molecule has 1 aromatic heterocycles. The summed E-state index contributed by atoms with van der Waals surface area (Å²) in [7, 11) is 7.36. The Balaban J connectivity index is 1.58. The maximum atomic E-state index is 13.4. The van der Waals surface area contributed by atoms with E-state index in [2.05, 4.69) is 45.4 Å². The Kier molecular flexibility index (Phi) is 6.13. The van der Waals surface area contributed by atoms with Crippen molar-refractivity contribution in [2.45, 2.75) is 38.4 Å². The van der Waals surface area contributed by atoms with Crippen LogP contribution in [-0.2, 0) is 19.4 Å². The van der Waals surface area contributed by atoms with Gasteiger partial charge in [0, 0.05) is 31.2 Å². The van der Waals surface area contributed by atoms with E-state index in [1.54, 1.807) is 25.6 Å². The lowest BCUT2D eigenvalue weighted by molar-refractivity contribution is 0.0925. The number of carbonyl (C=O) groups excluding carboxylic acids is 1. The van der Waals surface area contributed by atoms with Crippen LogP contribution in [0.1, 0.15) is 50.9 Å². The molecule has 0 unspecified atom stereocenters. The van der Waals surface area contributed by atoms with Gasteiger partial charge in [0.05, 0.1) is 19.8 Å². The van der Waals surface area contributed by atoms with E-state index in [9.17, 15) is 4.79 Å². The van der Waals surface area contributed by atoms with Gasteiger partial charge in [0.15, 0.2) is 11.5 Å². The van der Waals surface area contributed by atoms with E-state index >= 15 is 0 Å². The van der Waals surface area contributed by atoms with Gasteiger partial charge in [-0.1, -0.05) is 18.2 Å².